The number of hydrogen-bond acceptors (Lipinski definition) is 6. The molecule has 1 saturated heterocycles. The third-order valence-electron chi connectivity index (χ3n) is 7.39. The minimum atomic E-state index is -1.27. The molecule has 0 aromatic heterocycles. The molecule has 7 nitrogen and oxygen atoms in total. The molecule has 32 heavy (non-hydrogen) atoms. The molecule has 2 spiro atoms. The molecule has 162 valence electrons. The van der Waals surface area contributed by atoms with Crippen LogP contribution in [0.3, 0.4) is 0 Å². The van der Waals surface area contributed by atoms with Crippen molar-refractivity contribution in [3.8, 4) is 0 Å². The third kappa shape index (κ3) is 2.54. The van der Waals surface area contributed by atoms with E-state index in [0.29, 0.717) is 44.3 Å². The zero-order valence-electron chi connectivity index (χ0n) is 17.5. The normalized spacial score (nSPS) is 27.6. The van der Waals surface area contributed by atoms with Crippen LogP contribution in [-0.2, 0) is 31.1 Å². The molecule has 2 aromatic rings. The Labute approximate surface area is 185 Å². The average Bonchev–Trinajstić information content (AvgIpc) is 3.29. The monoisotopic (exact) mass is 430 g/mol. The Morgan fingerprint density at radius 1 is 0.969 bits per heavy atom. The summed E-state index contributed by atoms with van der Waals surface area (Å²) < 4.78 is 12.0. The van der Waals surface area contributed by atoms with Gasteiger partial charge in [0.05, 0.1) is 11.5 Å². The zero-order valence-corrected chi connectivity index (χ0v) is 17.5. The van der Waals surface area contributed by atoms with Crippen LogP contribution in [0.4, 0.5) is 0 Å². The average molecular weight is 430 g/mol. The summed E-state index contributed by atoms with van der Waals surface area (Å²) in [7, 11) is 0. The van der Waals surface area contributed by atoms with E-state index in [-0.39, 0.29) is 12.0 Å². The number of amides is 1. The van der Waals surface area contributed by atoms with Gasteiger partial charge in [0.2, 0.25) is 5.60 Å². The van der Waals surface area contributed by atoms with Gasteiger partial charge in [-0.25, -0.2) is 4.79 Å². The number of piperidine rings is 1. The van der Waals surface area contributed by atoms with Crippen LogP contribution in [0.1, 0.15) is 52.2 Å². The molecule has 3 heterocycles. The number of amidine groups is 1. The molecule has 1 unspecified atom stereocenters. The predicted molar refractivity (Wildman–Crippen MR) is 114 cm³/mol. The molecule has 0 saturated carbocycles. The summed E-state index contributed by atoms with van der Waals surface area (Å²) in [6.45, 7) is 1.07. The van der Waals surface area contributed by atoms with Crippen molar-refractivity contribution in [2.24, 2.45) is 4.99 Å². The number of carbonyl (C=O) groups excluding carboxylic acids is 3. The Kier molecular flexibility index (Phi) is 4.06. The van der Waals surface area contributed by atoms with E-state index in [1.807, 2.05) is 47.4 Å². The first kappa shape index (κ1) is 19.2. The number of carbonyl (C=O) groups is 3. The van der Waals surface area contributed by atoms with E-state index >= 15 is 0 Å². The number of aldehydes is 1. The van der Waals surface area contributed by atoms with Gasteiger partial charge in [-0.2, -0.15) is 4.99 Å². The smallest absolute Gasteiger partial charge is 0.339 e. The van der Waals surface area contributed by atoms with Crippen molar-refractivity contribution in [3.05, 3.63) is 70.8 Å². The van der Waals surface area contributed by atoms with Crippen LogP contribution in [0.25, 0.3) is 0 Å². The number of nitrogens with zero attached hydrogens (tertiary/aromatic N) is 2. The van der Waals surface area contributed by atoms with Gasteiger partial charge in [-0.1, -0.05) is 42.5 Å². The van der Waals surface area contributed by atoms with E-state index in [1.54, 1.807) is 6.07 Å². The lowest BCUT2D eigenvalue weighted by atomic mass is 9.72. The number of aliphatic imine (C=N–C) groups is 1. The van der Waals surface area contributed by atoms with E-state index in [2.05, 4.69) is 4.99 Å². The Morgan fingerprint density at radius 3 is 2.53 bits per heavy atom. The van der Waals surface area contributed by atoms with Crippen molar-refractivity contribution >= 4 is 24.2 Å². The van der Waals surface area contributed by atoms with E-state index in [1.165, 1.54) is 0 Å². The van der Waals surface area contributed by atoms with Crippen LogP contribution < -0.4 is 0 Å². The summed E-state index contributed by atoms with van der Waals surface area (Å²) >= 11 is 0. The second kappa shape index (κ2) is 6.76. The van der Waals surface area contributed by atoms with Crippen LogP contribution in [0.5, 0.6) is 0 Å². The van der Waals surface area contributed by atoms with Gasteiger partial charge in [-0.05, 0) is 23.6 Å². The lowest BCUT2D eigenvalue weighted by Crippen LogP contribution is -2.50. The van der Waals surface area contributed by atoms with Crippen molar-refractivity contribution < 1.29 is 23.9 Å². The molecule has 2 atom stereocenters. The molecule has 1 amide bonds. The maximum atomic E-state index is 13.1. The van der Waals surface area contributed by atoms with Gasteiger partial charge in [0.1, 0.15) is 11.9 Å². The summed E-state index contributed by atoms with van der Waals surface area (Å²) in [6.07, 6.45) is 3.06. The SMILES string of the molecule is O=CC1c2ccccc2CC[C@]12OC(N1CCC3(CC1)OC(=O)c1ccccc13)=NC2=O. The predicted octanol–water partition coefficient (Wildman–Crippen LogP) is 2.73. The molecule has 0 radical (unpaired) electrons. The molecular formula is C25H22N2O5. The number of fused-ring (bicyclic) bond motifs is 3. The molecule has 7 heteroatoms. The third-order valence-corrected chi connectivity index (χ3v) is 7.39. The molecule has 2 aromatic carbocycles. The second-order valence-electron chi connectivity index (χ2n) is 8.92. The van der Waals surface area contributed by atoms with Crippen molar-refractivity contribution in [3.63, 3.8) is 0 Å². The Morgan fingerprint density at radius 2 is 1.72 bits per heavy atom. The maximum absolute atomic E-state index is 13.1. The highest BCUT2D eigenvalue weighted by molar-refractivity contribution is 6.04. The Bertz CT molecular complexity index is 1180. The number of aryl methyl sites for hydroxylation is 1. The summed E-state index contributed by atoms with van der Waals surface area (Å²) in [5, 5.41) is 0. The van der Waals surface area contributed by atoms with Crippen LogP contribution in [0.15, 0.2) is 53.5 Å². The standard InChI is InChI=1S/C25H22N2O5/c28-15-20-17-6-2-1-5-16(17)9-10-25(20)22(30)26-23(32-25)27-13-11-24(12-14-27)19-8-4-3-7-18(19)21(29)31-24/h1-8,15,20H,9-14H2/t20?,25-/m0/s1. The van der Waals surface area contributed by atoms with E-state index < -0.39 is 23.0 Å². The topological polar surface area (TPSA) is 85.3 Å². The molecule has 1 fully saturated rings. The van der Waals surface area contributed by atoms with Gasteiger partial charge in [-0.15, -0.1) is 0 Å². The van der Waals surface area contributed by atoms with Gasteiger partial charge >= 0.3 is 5.97 Å². The van der Waals surface area contributed by atoms with Gasteiger partial charge in [0.15, 0.2) is 0 Å². The number of benzene rings is 2. The summed E-state index contributed by atoms with van der Waals surface area (Å²) in [6, 6.07) is 15.5. The Hall–Kier alpha value is -3.48. The first-order chi connectivity index (χ1) is 15.6. The molecule has 3 aliphatic heterocycles. The number of ether oxygens (including phenoxy) is 2. The lowest BCUT2D eigenvalue weighted by molar-refractivity contribution is -0.138. The van der Waals surface area contributed by atoms with Crippen LogP contribution in [0.2, 0.25) is 0 Å². The summed E-state index contributed by atoms with van der Waals surface area (Å²) in [4.78, 5) is 43.7. The van der Waals surface area contributed by atoms with Crippen LogP contribution >= 0.6 is 0 Å². The van der Waals surface area contributed by atoms with E-state index in [4.69, 9.17) is 9.47 Å². The van der Waals surface area contributed by atoms with Gasteiger partial charge < -0.3 is 19.2 Å². The van der Waals surface area contributed by atoms with E-state index in [0.717, 1.165) is 23.0 Å². The molecule has 0 N–H and O–H groups in total. The number of hydrogen-bond donors (Lipinski definition) is 0. The zero-order chi connectivity index (χ0) is 21.9. The minimum Gasteiger partial charge on any atom is -0.450 e. The fraction of sp³-hybridized carbons (Fsp3) is 0.360. The quantitative estimate of drug-likeness (QED) is 0.511. The van der Waals surface area contributed by atoms with Crippen LogP contribution in [0, 0.1) is 0 Å². The van der Waals surface area contributed by atoms with Crippen molar-refractivity contribution in [1.29, 1.82) is 0 Å². The molecule has 0 bridgehead atoms. The second-order valence-corrected chi connectivity index (χ2v) is 8.92. The highest BCUT2D eigenvalue weighted by atomic mass is 16.6. The first-order valence-corrected chi connectivity index (χ1v) is 11.0. The fourth-order valence-corrected chi connectivity index (χ4v) is 5.65. The van der Waals surface area contributed by atoms with Crippen molar-refractivity contribution in [2.45, 2.75) is 42.8 Å². The van der Waals surface area contributed by atoms with Crippen LogP contribution in [-0.4, -0.2) is 47.8 Å². The maximum Gasteiger partial charge on any atom is 0.339 e. The molecule has 6 rings (SSSR count). The highest BCUT2D eigenvalue weighted by Crippen LogP contribution is 2.47. The Balaban J connectivity index is 1.23. The fourth-order valence-electron chi connectivity index (χ4n) is 5.65. The number of rotatable bonds is 1. The minimum absolute atomic E-state index is 0.272. The van der Waals surface area contributed by atoms with Gasteiger partial charge in [-0.3, -0.25) is 4.79 Å². The summed E-state index contributed by atoms with van der Waals surface area (Å²) in [5.74, 6) is -1.36. The highest BCUT2D eigenvalue weighted by Gasteiger charge is 2.57. The molecule has 1 aliphatic carbocycles. The van der Waals surface area contributed by atoms with Gasteiger partial charge in [0, 0.05) is 37.9 Å². The number of esters is 1. The molecule has 4 aliphatic rings. The van der Waals surface area contributed by atoms with E-state index in [9.17, 15) is 14.4 Å². The van der Waals surface area contributed by atoms with Crippen molar-refractivity contribution in [1.82, 2.24) is 4.90 Å². The summed E-state index contributed by atoms with van der Waals surface area (Å²) in [5.41, 5.74) is 1.55. The largest absolute Gasteiger partial charge is 0.450 e. The number of likely N-dealkylation sites (tertiary alicyclic amines) is 1. The van der Waals surface area contributed by atoms with Gasteiger partial charge in [0.25, 0.3) is 11.9 Å². The van der Waals surface area contributed by atoms with Crippen molar-refractivity contribution in [2.75, 3.05) is 13.1 Å². The molecular weight excluding hydrogens is 408 g/mol. The lowest BCUT2D eigenvalue weighted by Gasteiger charge is -2.41. The first-order valence-electron chi connectivity index (χ1n) is 11.0.